The van der Waals surface area contributed by atoms with Crippen LogP contribution >= 0.6 is 0 Å². The number of fused-ring (bicyclic) bond motifs is 1. The van der Waals surface area contributed by atoms with Crippen LogP contribution in [0.25, 0.3) is 11.0 Å². The van der Waals surface area contributed by atoms with Crippen LogP contribution in [0.5, 0.6) is 5.75 Å². The first-order valence-electron chi connectivity index (χ1n) is 11.3. The highest BCUT2D eigenvalue weighted by atomic mass is 16.5. The van der Waals surface area contributed by atoms with E-state index >= 15 is 0 Å². The SMILES string of the molecule is CC(Oc1ccc2ccc(=O)oc2c1)C(=O)N1CCC(CCC(=O)Nc2ccccc2)CC1. The van der Waals surface area contributed by atoms with E-state index in [4.69, 9.17) is 9.15 Å². The van der Waals surface area contributed by atoms with Crippen LogP contribution in [0.2, 0.25) is 0 Å². The summed E-state index contributed by atoms with van der Waals surface area (Å²) in [6.07, 6.45) is 2.39. The standard InChI is InChI=1S/C26H28N2O5/c1-18(32-22-10-8-20-9-12-25(30)33-23(20)17-22)26(31)28-15-13-19(14-16-28)7-11-24(29)27-21-5-3-2-4-6-21/h2-6,8-10,12,17-19H,7,11,13-16H2,1H3,(H,27,29). The van der Waals surface area contributed by atoms with Crippen LogP contribution in [-0.4, -0.2) is 35.9 Å². The van der Waals surface area contributed by atoms with E-state index in [1.165, 1.54) is 6.07 Å². The molecule has 7 nitrogen and oxygen atoms in total. The number of piperidine rings is 1. The van der Waals surface area contributed by atoms with Crippen LogP contribution in [0.1, 0.15) is 32.6 Å². The van der Waals surface area contributed by atoms with Crippen molar-refractivity contribution in [2.24, 2.45) is 5.92 Å². The Morgan fingerprint density at radius 3 is 2.58 bits per heavy atom. The van der Waals surface area contributed by atoms with Crippen molar-refractivity contribution < 1.29 is 18.7 Å². The fourth-order valence-corrected chi connectivity index (χ4v) is 4.15. The molecule has 1 aliphatic heterocycles. The van der Waals surface area contributed by atoms with E-state index in [0.29, 0.717) is 36.8 Å². The van der Waals surface area contributed by atoms with Crippen LogP contribution in [0.4, 0.5) is 5.69 Å². The molecule has 2 amide bonds. The monoisotopic (exact) mass is 448 g/mol. The molecule has 0 aliphatic carbocycles. The van der Waals surface area contributed by atoms with Gasteiger partial charge in [0.05, 0.1) is 0 Å². The first-order chi connectivity index (χ1) is 16.0. The number of amides is 2. The van der Waals surface area contributed by atoms with Gasteiger partial charge in [0.25, 0.3) is 5.91 Å². The summed E-state index contributed by atoms with van der Waals surface area (Å²) in [5, 5.41) is 3.71. The molecule has 1 aromatic heterocycles. The van der Waals surface area contributed by atoms with Crippen molar-refractivity contribution in [3.8, 4) is 5.75 Å². The van der Waals surface area contributed by atoms with Gasteiger partial charge in [-0.1, -0.05) is 18.2 Å². The fraction of sp³-hybridized carbons (Fsp3) is 0.346. The van der Waals surface area contributed by atoms with Crippen LogP contribution in [-0.2, 0) is 9.59 Å². The Morgan fingerprint density at radius 2 is 1.82 bits per heavy atom. The van der Waals surface area contributed by atoms with Gasteiger partial charge in [-0.05, 0) is 62.4 Å². The second-order valence-corrected chi connectivity index (χ2v) is 8.44. The van der Waals surface area contributed by atoms with Crippen LogP contribution in [0, 0.1) is 5.92 Å². The lowest BCUT2D eigenvalue weighted by atomic mass is 9.92. The van der Waals surface area contributed by atoms with Crippen molar-refractivity contribution in [2.75, 3.05) is 18.4 Å². The van der Waals surface area contributed by atoms with Gasteiger partial charge in [-0.2, -0.15) is 0 Å². The highest BCUT2D eigenvalue weighted by Crippen LogP contribution is 2.24. The van der Waals surface area contributed by atoms with Gasteiger partial charge < -0.3 is 19.4 Å². The number of ether oxygens (including phenoxy) is 1. The average molecular weight is 449 g/mol. The first-order valence-corrected chi connectivity index (χ1v) is 11.3. The smallest absolute Gasteiger partial charge is 0.336 e. The zero-order chi connectivity index (χ0) is 23.2. The molecule has 33 heavy (non-hydrogen) atoms. The van der Waals surface area contributed by atoms with Gasteiger partial charge in [-0.15, -0.1) is 0 Å². The number of nitrogens with zero attached hydrogens (tertiary/aromatic N) is 1. The number of hydrogen-bond acceptors (Lipinski definition) is 5. The molecule has 4 rings (SSSR count). The molecule has 7 heteroatoms. The van der Waals surface area contributed by atoms with Crippen molar-refractivity contribution in [1.82, 2.24) is 4.90 Å². The van der Waals surface area contributed by atoms with Gasteiger partial charge in [0.15, 0.2) is 6.10 Å². The molecule has 1 saturated heterocycles. The fourth-order valence-electron chi connectivity index (χ4n) is 4.15. The second-order valence-electron chi connectivity index (χ2n) is 8.44. The molecule has 3 aromatic rings. The van der Waals surface area contributed by atoms with Gasteiger partial charge in [0.1, 0.15) is 11.3 Å². The number of anilines is 1. The quantitative estimate of drug-likeness (QED) is 0.547. The number of para-hydroxylation sites is 1. The maximum Gasteiger partial charge on any atom is 0.336 e. The van der Waals surface area contributed by atoms with Crippen molar-refractivity contribution in [3.05, 3.63) is 71.1 Å². The van der Waals surface area contributed by atoms with Gasteiger partial charge >= 0.3 is 5.63 Å². The molecule has 2 aromatic carbocycles. The third-order valence-corrected chi connectivity index (χ3v) is 6.02. The highest BCUT2D eigenvalue weighted by molar-refractivity contribution is 5.90. The highest BCUT2D eigenvalue weighted by Gasteiger charge is 2.27. The summed E-state index contributed by atoms with van der Waals surface area (Å²) in [7, 11) is 0. The lowest BCUT2D eigenvalue weighted by molar-refractivity contribution is -0.139. The Morgan fingerprint density at radius 1 is 1.09 bits per heavy atom. The number of carbonyl (C=O) groups excluding carboxylic acids is 2. The van der Waals surface area contributed by atoms with Gasteiger partial charge in [0.2, 0.25) is 5.91 Å². The minimum absolute atomic E-state index is 0.0212. The zero-order valence-electron chi connectivity index (χ0n) is 18.7. The van der Waals surface area contributed by atoms with Gasteiger partial charge in [0, 0.05) is 42.7 Å². The number of nitrogens with one attached hydrogen (secondary N) is 1. The largest absolute Gasteiger partial charge is 0.481 e. The molecule has 1 aliphatic rings. The number of likely N-dealkylation sites (tertiary alicyclic amines) is 1. The van der Waals surface area contributed by atoms with E-state index in [1.807, 2.05) is 35.2 Å². The molecule has 1 fully saturated rings. The lowest BCUT2D eigenvalue weighted by Gasteiger charge is -2.33. The Bertz CT molecular complexity index is 1170. The van der Waals surface area contributed by atoms with E-state index in [0.717, 1.165) is 30.3 Å². The summed E-state index contributed by atoms with van der Waals surface area (Å²) >= 11 is 0. The maximum atomic E-state index is 12.9. The number of benzene rings is 2. The normalized spacial score (nSPS) is 15.2. The van der Waals surface area contributed by atoms with E-state index in [-0.39, 0.29) is 11.8 Å². The topological polar surface area (TPSA) is 88.8 Å². The third-order valence-electron chi connectivity index (χ3n) is 6.02. The van der Waals surface area contributed by atoms with E-state index in [1.54, 1.807) is 31.2 Å². The van der Waals surface area contributed by atoms with Crippen molar-refractivity contribution in [3.63, 3.8) is 0 Å². The minimum atomic E-state index is -0.647. The summed E-state index contributed by atoms with van der Waals surface area (Å²) < 4.78 is 11.0. The van der Waals surface area contributed by atoms with Crippen LogP contribution < -0.4 is 15.7 Å². The van der Waals surface area contributed by atoms with Crippen molar-refractivity contribution >= 4 is 28.5 Å². The number of rotatable bonds is 7. The molecule has 2 heterocycles. The van der Waals surface area contributed by atoms with Gasteiger partial charge in [-0.3, -0.25) is 9.59 Å². The summed E-state index contributed by atoms with van der Waals surface area (Å²) in [5.74, 6) is 0.866. The Kier molecular flexibility index (Phi) is 7.07. The molecule has 172 valence electrons. The summed E-state index contributed by atoms with van der Waals surface area (Å²) in [6.45, 7) is 3.04. The molecule has 0 spiro atoms. The third kappa shape index (κ3) is 6.00. The zero-order valence-corrected chi connectivity index (χ0v) is 18.7. The molecule has 0 saturated carbocycles. The van der Waals surface area contributed by atoms with Crippen molar-refractivity contribution in [2.45, 2.75) is 38.7 Å². The van der Waals surface area contributed by atoms with E-state index in [2.05, 4.69) is 5.32 Å². The van der Waals surface area contributed by atoms with Crippen molar-refractivity contribution in [1.29, 1.82) is 0 Å². The maximum absolute atomic E-state index is 12.9. The summed E-state index contributed by atoms with van der Waals surface area (Å²) in [6, 6.07) is 17.7. The lowest BCUT2D eigenvalue weighted by Crippen LogP contribution is -2.44. The summed E-state index contributed by atoms with van der Waals surface area (Å²) in [4.78, 5) is 38.3. The molecule has 0 radical (unpaired) electrons. The molecule has 1 unspecified atom stereocenters. The van der Waals surface area contributed by atoms with Gasteiger partial charge in [-0.25, -0.2) is 4.79 Å². The van der Waals surface area contributed by atoms with E-state index < -0.39 is 11.7 Å². The van der Waals surface area contributed by atoms with Crippen LogP contribution in [0.15, 0.2) is 69.9 Å². The summed E-state index contributed by atoms with van der Waals surface area (Å²) in [5.41, 5.74) is 0.811. The predicted molar refractivity (Wildman–Crippen MR) is 126 cm³/mol. The van der Waals surface area contributed by atoms with Crippen LogP contribution in [0.3, 0.4) is 0 Å². The molecule has 1 N–H and O–H groups in total. The first kappa shape index (κ1) is 22.6. The molecule has 0 bridgehead atoms. The Labute approximate surface area is 192 Å². The number of hydrogen-bond donors (Lipinski definition) is 1. The predicted octanol–water partition coefficient (Wildman–Crippen LogP) is 4.22. The molecule has 1 atom stereocenters. The average Bonchev–Trinajstić information content (AvgIpc) is 2.83. The molecular formula is C26H28N2O5. The second kappa shape index (κ2) is 10.3. The Balaban J connectivity index is 1.23. The Hall–Kier alpha value is -3.61. The van der Waals surface area contributed by atoms with E-state index in [9.17, 15) is 14.4 Å². The number of carbonyl (C=O) groups is 2. The molecular weight excluding hydrogens is 420 g/mol. The minimum Gasteiger partial charge on any atom is -0.481 e.